The van der Waals surface area contributed by atoms with Crippen molar-refractivity contribution in [1.82, 2.24) is 19.6 Å². The molecule has 0 spiro atoms. The Bertz CT molecular complexity index is 1290. The van der Waals surface area contributed by atoms with E-state index >= 15 is 0 Å². The third-order valence-electron chi connectivity index (χ3n) is 5.30. The topological polar surface area (TPSA) is 107 Å². The summed E-state index contributed by atoms with van der Waals surface area (Å²) < 4.78 is 63.9. The van der Waals surface area contributed by atoms with Crippen LogP contribution in [0.5, 0.6) is 0 Å². The van der Waals surface area contributed by atoms with Crippen LogP contribution in [-0.4, -0.2) is 42.8 Å². The molecule has 1 aliphatic heterocycles. The number of benzene rings is 2. The molecule has 1 amide bonds. The first-order valence-corrected chi connectivity index (χ1v) is 11.4. The van der Waals surface area contributed by atoms with Gasteiger partial charge >= 0.3 is 6.18 Å². The van der Waals surface area contributed by atoms with E-state index in [1.807, 2.05) is 12.1 Å². The second kappa shape index (κ2) is 8.52. The summed E-state index contributed by atoms with van der Waals surface area (Å²) in [6.45, 7) is 0.742. The average Bonchev–Trinajstić information content (AvgIpc) is 3.29. The zero-order chi connectivity index (χ0) is 23.8. The van der Waals surface area contributed by atoms with Crippen molar-refractivity contribution in [3.8, 4) is 0 Å². The van der Waals surface area contributed by atoms with Gasteiger partial charge in [0, 0.05) is 30.7 Å². The van der Waals surface area contributed by atoms with Crippen molar-refractivity contribution in [2.45, 2.75) is 24.3 Å². The summed E-state index contributed by atoms with van der Waals surface area (Å²) in [6.07, 6.45) is -2.55. The van der Waals surface area contributed by atoms with Gasteiger partial charge in [-0.2, -0.15) is 13.2 Å². The van der Waals surface area contributed by atoms with E-state index in [0.717, 1.165) is 28.9 Å². The van der Waals surface area contributed by atoms with Crippen molar-refractivity contribution in [2.24, 2.45) is 0 Å². The summed E-state index contributed by atoms with van der Waals surface area (Å²) in [5, 5.41) is 2.76. The molecule has 33 heavy (non-hydrogen) atoms. The summed E-state index contributed by atoms with van der Waals surface area (Å²) in [5.74, 6) is -0.388. The van der Waals surface area contributed by atoms with Crippen molar-refractivity contribution in [3.05, 3.63) is 71.0 Å². The number of amides is 1. The number of alkyl halides is 3. The van der Waals surface area contributed by atoms with E-state index in [4.69, 9.17) is 0 Å². The van der Waals surface area contributed by atoms with Crippen molar-refractivity contribution >= 4 is 27.3 Å². The molecule has 12 heteroatoms. The Balaban J connectivity index is 1.45. The SMILES string of the molecule is CNS(=O)(=O)c1nc(C(=O)N2CCc3cc(Nc4ccc(C(F)(F)F)cc4)ccc3C2)c[nH]1. The van der Waals surface area contributed by atoms with Crippen molar-refractivity contribution in [2.75, 3.05) is 18.9 Å². The van der Waals surface area contributed by atoms with E-state index in [1.54, 1.807) is 11.0 Å². The Kier molecular flexibility index (Phi) is 5.89. The lowest BCUT2D eigenvalue weighted by atomic mass is 9.98. The maximum Gasteiger partial charge on any atom is 0.416 e. The van der Waals surface area contributed by atoms with E-state index in [2.05, 4.69) is 20.0 Å². The van der Waals surface area contributed by atoms with Gasteiger partial charge in [-0.3, -0.25) is 4.79 Å². The summed E-state index contributed by atoms with van der Waals surface area (Å²) in [7, 11) is -2.53. The molecule has 174 valence electrons. The monoisotopic (exact) mass is 479 g/mol. The highest BCUT2D eigenvalue weighted by Gasteiger charge is 2.30. The number of sulfonamides is 1. The van der Waals surface area contributed by atoms with Crippen LogP contribution in [0.4, 0.5) is 24.5 Å². The molecule has 0 saturated carbocycles. The minimum Gasteiger partial charge on any atom is -0.356 e. The van der Waals surface area contributed by atoms with Crippen molar-refractivity contribution in [3.63, 3.8) is 0 Å². The van der Waals surface area contributed by atoms with Crippen LogP contribution in [0, 0.1) is 0 Å². The van der Waals surface area contributed by atoms with Gasteiger partial charge in [0.2, 0.25) is 5.16 Å². The van der Waals surface area contributed by atoms with Crippen LogP contribution >= 0.6 is 0 Å². The number of aromatic nitrogens is 2. The third kappa shape index (κ3) is 4.86. The zero-order valence-electron chi connectivity index (χ0n) is 17.4. The number of carbonyl (C=O) groups excluding carboxylic acids is 1. The van der Waals surface area contributed by atoms with Crippen LogP contribution in [0.1, 0.15) is 27.2 Å². The minimum absolute atomic E-state index is 0.00728. The number of nitrogens with zero attached hydrogens (tertiary/aromatic N) is 2. The van der Waals surface area contributed by atoms with E-state index in [0.29, 0.717) is 25.2 Å². The highest BCUT2D eigenvalue weighted by atomic mass is 32.2. The fourth-order valence-corrected chi connectivity index (χ4v) is 4.15. The Morgan fingerprint density at radius 3 is 2.45 bits per heavy atom. The number of carbonyl (C=O) groups is 1. The molecule has 1 aromatic heterocycles. The van der Waals surface area contributed by atoms with E-state index < -0.39 is 21.8 Å². The molecule has 8 nitrogen and oxygen atoms in total. The van der Waals surface area contributed by atoms with Crippen LogP contribution in [0.2, 0.25) is 0 Å². The van der Waals surface area contributed by atoms with Crippen LogP contribution in [0.3, 0.4) is 0 Å². The molecule has 0 atom stereocenters. The van der Waals surface area contributed by atoms with Gasteiger partial charge in [0.1, 0.15) is 5.69 Å². The number of hydrogen-bond acceptors (Lipinski definition) is 5. The van der Waals surface area contributed by atoms with Gasteiger partial charge in [-0.1, -0.05) is 6.07 Å². The molecular weight excluding hydrogens is 459 g/mol. The number of fused-ring (bicyclic) bond motifs is 1. The number of anilines is 2. The van der Waals surface area contributed by atoms with Gasteiger partial charge in [0.05, 0.1) is 5.56 Å². The first-order valence-electron chi connectivity index (χ1n) is 9.91. The number of nitrogens with one attached hydrogen (secondary N) is 3. The van der Waals surface area contributed by atoms with Crippen LogP contribution in [0.25, 0.3) is 0 Å². The number of halogens is 3. The fraction of sp³-hybridized carbons (Fsp3) is 0.238. The molecule has 0 fully saturated rings. The molecule has 3 N–H and O–H groups in total. The van der Waals surface area contributed by atoms with Gasteiger partial charge in [-0.25, -0.2) is 18.1 Å². The van der Waals surface area contributed by atoms with Gasteiger partial charge in [-0.15, -0.1) is 0 Å². The van der Waals surface area contributed by atoms with Gasteiger partial charge in [-0.05, 0) is 61.0 Å². The predicted molar refractivity (Wildman–Crippen MR) is 114 cm³/mol. The lowest BCUT2D eigenvalue weighted by molar-refractivity contribution is -0.137. The maximum atomic E-state index is 12.8. The molecule has 2 heterocycles. The number of hydrogen-bond donors (Lipinski definition) is 3. The largest absolute Gasteiger partial charge is 0.416 e. The maximum absolute atomic E-state index is 12.8. The highest BCUT2D eigenvalue weighted by molar-refractivity contribution is 7.89. The van der Waals surface area contributed by atoms with Crippen molar-refractivity contribution in [1.29, 1.82) is 0 Å². The Morgan fingerprint density at radius 1 is 1.09 bits per heavy atom. The smallest absolute Gasteiger partial charge is 0.356 e. The number of H-pyrrole nitrogens is 1. The van der Waals surface area contributed by atoms with Gasteiger partial charge in [0.25, 0.3) is 15.9 Å². The molecule has 0 unspecified atom stereocenters. The number of aromatic amines is 1. The molecule has 0 saturated heterocycles. The second-order valence-corrected chi connectivity index (χ2v) is 9.26. The molecule has 0 bridgehead atoms. The Morgan fingerprint density at radius 2 is 1.79 bits per heavy atom. The van der Waals surface area contributed by atoms with Crippen LogP contribution in [-0.2, 0) is 29.2 Å². The van der Waals surface area contributed by atoms with E-state index in [9.17, 15) is 26.4 Å². The summed E-state index contributed by atoms with van der Waals surface area (Å²) in [6, 6.07) is 10.3. The lowest BCUT2D eigenvalue weighted by Gasteiger charge is -2.28. The quantitative estimate of drug-likeness (QED) is 0.521. The summed E-state index contributed by atoms with van der Waals surface area (Å²) in [5.41, 5.74) is 2.48. The summed E-state index contributed by atoms with van der Waals surface area (Å²) >= 11 is 0. The molecule has 0 radical (unpaired) electrons. The molecule has 1 aliphatic rings. The van der Waals surface area contributed by atoms with Crippen LogP contribution in [0.15, 0.2) is 53.8 Å². The van der Waals surface area contributed by atoms with E-state index in [-0.39, 0.29) is 16.8 Å². The highest BCUT2D eigenvalue weighted by Crippen LogP contribution is 2.31. The first-order chi connectivity index (χ1) is 15.6. The Labute approximate surface area is 187 Å². The molecule has 0 aliphatic carbocycles. The molecule has 3 aromatic rings. The summed E-state index contributed by atoms with van der Waals surface area (Å²) in [4.78, 5) is 20.7. The standard InChI is InChI=1S/C21H20F3N5O3S/c1-25-33(31,32)20-26-11-18(28-20)19(30)29-9-8-13-10-17(5-2-14(13)12-29)27-16-6-3-15(4-7-16)21(22,23)24/h2-7,10-11,25,27H,8-9,12H2,1H3,(H,26,28). The third-order valence-corrected chi connectivity index (χ3v) is 6.56. The predicted octanol–water partition coefficient (Wildman–Crippen LogP) is 3.28. The van der Waals surface area contributed by atoms with E-state index in [1.165, 1.54) is 25.4 Å². The number of imidazole rings is 1. The lowest BCUT2D eigenvalue weighted by Crippen LogP contribution is -2.36. The van der Waals surface area contributed by atoms with Gasteiger partial charge < -0.3 is 15.2 Å². The normalized spacial score (nSPS) is 14.1. The van der Waals surface area contributed by atoms with Gasteiger partial charge in [0.15, 0.2) is 0 Å². The van der Waals surface area contributed by atoms with Crippen LogP contribution < -0.4 is 10.0 Å². The molecular formula is C21H20F3N5O3S. The Hall–Kier alpha value is -3.38. The average molecular weight is 479 g/mol. The minimum atomic E-state index is -4.38. The second-order valence-electron chi connectivity index (χ2n) is 7.46. The molecule has 4 rings (SSSR count). The zero-order valence-corrected chi connectivity index (χ0v) is 18.2. The number of rotatable bonds is 5. The molecule has 2 aromatic carbocycles. The van der Waals surface area contributed by atoms with Crippen molar-refractivity contribution < 1.29 is 26.4 Å². The first kappa shape index (κ1) is 22.8. The fourth-order valence-electron chi connectivity index (χ4n) is 3.52.